The largest absolute Gasteiger partial charge is 0.392 e. The van der Waals surface area contributed by atoms with Crippen molar-refractivity contribution in [1.82, 2.24) is 15.0 Å². The van der Waals surface area contributed by atoms with Gasteiger partial charge in [-0.1, -0.05) is 29.4 Å². The first-order valence-corrected chi connectivity index (χ1v) is 7.01. The molecule has 1 aliphatic rings. The van der Waals surface area contributed by atoms with Crippen molar-refractivity contribution in [3.05, 3.63) is 35.7 Å². The minimum Gasteiger partial charge on any atom is -0.392 e. The van der Waals surface area contributed by atoms with E-state index < -0.39 is 0 Å². The zero-order valence-corrected chi connectivity index (χ0v) is 11.6. The predicted molar refractivity (Wildman–Crippen MR) is 75.0 cm³/mol. The molecule has 106 valence electrons. The Kier molecular flexibility index (Phi) is 3.80. The van der Waals surface area contributed by atoms with E-state index in [1.165, 1.54) is 0 Å². The van der Waals surface area contributed by atoms with Gasteiger partial charge in [0.2, 0.25) is 11.7 Å². The second-order valence-electron chi connectivity index (χ2n) is 5.36. The van der Waals surface area contributed by atoms with Gasteiger partial charge in [-0.15, -0.1) is 0 Å². The molecule has 1 aromatic carbocycles. The fourth-order valence-electron chi connectivity index (χ4n) is 2.62. The number of aryl methyl sites for hydroxylation is 1. The number of likely N-dealkylation sites (tertiary alicyclic amines) is 1. The van der Waals surface area contributed by atoms with E-state index >= 15 is 0 Å². The van der Waals surface area contributed by atoms with E-state index in [-0.39, 0.29) is 6.10 Å². The Morgan fingerprint density at radius 2 is 2.25 bits per heavy atom. The molecule has 0 bridgehead atoms. The van der Waals surface area contributed by atoms with Crippen molar-refractivity contribution < 1.29 is 9.63 Å². The third-order valence-electron chi connectivity index (χ3n) is 3.69. The van der Waals surface area contributed by atoms with Crippen LogP contribution in [0.3, 0.4) is 0 Å². The summed E-state index contributed by atoms with van der Waals surface area (Å²) in [6.07, 6.45) is 1.66. The highest BCUT2D eigenvalue weighted by Gasteiger charge is 2.20. The number of aliphatic hydroxyl groups excluding tert-OH is 1. The van der Waals surface area contributed by atoms with Crippen molar-refractivity contribution >= 4 is 0 Å². The van der Waals surface area contributed by atoms with Gasteiger partial charge in [0, 0.05) is 12.1 Å². The van der Waals surface area contributed by atoms with Gasteiger partial charge in [0.25, 0.3) is 0 Å². The van der Waals surface area contributed by atoms with Gasteiger partial charge in [-0.25, -0.2) is 0 Å². The Hall–Kier alpha value is -1.72. The molecular formula is C15H19N3O2. The fraction of sp³-hybridized carbons (Fsp3) is 0.467. The van der Waals surface area contributed by atoms with Crippen LogP contribution in [0.5, 0.6) is 0 Å². The van der Waals surface area contributed by atoms with Crippen LogP contribution in [-0.4, -0.2) is 39.3 Å². The van der Waals surface area contributed by atoms with Crippen molar-refractivity contribution in [2.45, 2.75) is 32.4 Å². The number of benzene rings is 1. The average Bonchev–Trinajstić information content (AvgIpc) is 2.87. The molecule has 1 saturated heterocycles. The highest BCUT2D eigenvalue weighted by Crippen LogP contribution is 2.20. The Morgan fingerprint density at radius 1 is 1.40 bits per heavy atom. The summed E-state index contributed by atoms with van der Waals surface area (Å²) in [5.74, 6) is 1.24. The predicted octanol–water partition coefficient (Wildman–Crippen LogP) is 2.00. The summed E-state index contributed by atoms with van der Waals surface area (Å²) in [4.78, 5) is 6.62. The summed E-state index contributed by atoms with van der Waals surface area (Å²) in [5, 5.41) is 13.7. The Labute approximate surface area is 118 Å². The van der Waals surface area contributed by atoms with Crippen LogP contribution in [0.15, 0.2) is 28.8 Å². The van der Waals surface area contributed by atoms with Crippen molar-refractivity contribution in [2.24, 2.45) is 0 Å². The van der Waals surface area contributed by atoms with Gasteiger partial charge in [-0.2, -0.15) is 4.98 Å². The number of aromatic nitrogens is 2. The lowest BCUT2D eigenvalue weighted by molar-refractivity contribution is 0.0613. The maximum Gasteiger partial charge on any atom is 0.241 e. The number of hydrogen-bond donors (Lipinski definition) is 1. The molecule has 1 atom stereocenters. The molecule has 20 heavy (non-hydrogen) atoms. The molecule has 0 spiro atoms. The lowest BCUT2D eigenvalue weighted by Gasteiger charge is -2.28. The number of rotatable bonds is 3. The van der Waals surface area contributed by atoms with Crippen LogP contribution in [0.25, 0.3) is 11.4 Å². The summed E-state index contributed by atoms with van der Waals surface area (Å²) >= 11 is 0. The number of nitrogens with zero attached hydrogens (tertiary/aromatic N) is 3. The first-order chi connectivity index (χ1) is 9.72. The second-order valence-corrected chi connectivity index (χ2v) is 5.36. The third kappa shape index (κ3) is 2.89. The van der Waals surface area contributed by atoms with Gasteiger partial charge >= 0.3 is 0 Å². The van der Waals surface area contributed by atoms with Crippen LogP contribution in [0.1, 0.15) is 24.3 Å². The van der Waals surface area contributed by atoms with Crippen LogP contribution in [-0.2, 0) is 6.54 Å². The van der Waals surface area contributed by atoms with E-state index in [1.807, 2.05) is 31.2 Å². The molecular weight excluding hydrogens is 254 g/mol. The van der Waals surface area contributed by atoms with Gasteiger partial charge in [0.15, 0.2) is 0 Å². The van der Waals surface area contributed by atoms with E-state index in [0.29, 0.717) is 24.8 Å². The minimum atomic E-state index is -0.234. The number of hydrogen-bond acceptors (Lipinski definition) is 5. The number of piperidine rings is 1. The van der Waals surface area contributed by atoms with Crippen LogP contribution >= 0.6 is 0 Å². The highest BCUT2D eigenvalue weighted by atomic mass is 16.5. The van der Waals surface area contributed by atoms with Gasteiger partial charge in [0.1, 0.15) is 0 Å². The Morgan fingerprint density at radius 3 is 3.05 bits per heavy atom. The van der Waals surface area contributed by atoms with Gasteiger partial charge in [-0.3, -0.25) is 4.90 Å². The molecule has 1 aliphatic heterocycles. The second kappa shape index (κ2) is 5.73. The summed E-state index contributed by atoms with van der Waals surface area (Å²) in [5.41, 5.74) is 2.13. The molecule has 0 amide bonds. The first-order valence-electron chi connectivity index (χ1n) is 7.01. The molecule has 1 aromatic heterocycles. The van der Waals surface area contributed by atoms with Gasteiger partial charge in [0.05, 0.1) is 12.6 Å². The summed E-state index contributed by atoms with van der Waals surface area (Å²) < 4.78 is 5.33. The summed E-state index contributed by atoms with van der Waals surface area (Å²) in [6, 6.07) is 8.00. The maximum atomic E-state index is 9.67. The molecule has 5 heteroatoms. The van der Waals surface area contributed by atoms with Crippen LogP contribution in [0, 0.1) is 6.92 Å². The zero-order chi connectivity index (χ0) is 13.9. The Balaban J connectivity index is 1.72. The molecule has 5 nitrogen and oxygen atoms in total. The molecule has 1 fully saturated rings. The fourth-order valence-corrected chi connectivity index (χ4v) is 2.62. The van der Waals surface area contributed by atoms with Crippen molar-refractivity contribution in [3.63, 3.8) is 0 Å². The maximum absolute atomic E-state index is 9.67. The molecule has 3 rings (SSSR count). The molecule has 1 N–H and O–H groups in total. The van der Waals surface area contributed by atoms with Gasteiger partial charge < -0.3 is 9.63 Å². The molecule has 2 aromatic rings. The van der Waals surface area contributed by atoms with E-state index in [4.69, 9.17) is 4.52 Å². The first kappa shape index (κ1) is 13.3. The highest BCUT2D eigenvalue weighted by molar-refractivity contribution is 5.58. The van der Waals surface area contributed by atoms with Gasteiger partial charge in [-0.05, 0) is 31.9 Å². The normalized spacial score (nSPS) is 20.2. The number of aliphatic hydroxyl groups is 1. The lowest BCUT2D eigenvalue weighted by atomic mass is 10.1. The SMILES string of the molecule is Cc1ccccc1-c1noc(CN2CCC[C@H](O)C2)n1. The zero-order valence-electron chi connectivity index (χ0n) is 11.6. The van der Waals surface area contributed by atoms with Crippen molar-refractivity contribution in [3.8, 4) is 11.4 Å². The molecule has 0 unspecified atom stereocenters. The quantitative estimate of drug-likeness (QED) is 0.926. The average molecular weight is 273 g/mol. The van der Waals surface area contributed by atoms with Crippen LogP contribution < -0.4 is 0 Å². The van der Waals surface area contributed by atoms with E-state index in [0.717, 1.165) is 30.5 Å². The molecule has 0 saturated carbocycles. The molecule has 0 radical (unpaired) electrons. The summed E-state index contributed by atoms with van der Waals surface area (Å²) in [7, 11) is 0. The van der Waals surface area contributed by atoms with E-state index in [2.05, 4.69) is 15.0 Å². The molecule has 2 heterocycles. The standard InChI is InChI=1S/C15H19N3O2/c1-11-5-2-3-7-13(11)15-16-14(20-17-15)10-18-8-4-6-12(19)9-18/h2-3,5,7,12,19H,4,6,8-10H2,1H3/t12-/m0/s1. The minimum absolute atomic E-state index is 0.234. The van der Waals surface area contributed by atoms with Crippen molar-refractivity contribution in [2.75, 3.05) is 13.1 Å². The number of β-amino-alcohol motifs (C(OH)–C–C–N with tert-alkyl or cyclic N) is 1. The lowest BCUT2D eigenvalue weighted by Crippen LogP contribution is -2.37. The van der Waals surface area contributed by atoms with Crippen LogP contribution in [0.2, 0.25) is 0 Å². The van der Waals surface area contributed by atoms with Crippen molar-refractivity contribution in [1.29, 1.82) is 0 Å². The smallest absolute Gasteiger partial charge is 0.241 e. The monoisotopic (exact) mass is 273 g/mol. The van der Waals surface area contributed by atoms with E-state index in [1.54, 1.807) is 0 Å². The molecule has 0 aliphatic carbocycles. The van der Waals surface area contributed by atoms with E-state index in [9.17, 15) is 5.11 Å². The summed E-state index contributed by atoms with van der Waals surface area (Å²) in [6.45, 7) is 4.30. The topological polar surface area (TPSA) is 62.4 Å². The van der Waals surface area contributed by atoms with Crippen LogP contribution in [0.4, 0.5) is 0 Å². The Bertz CT molecular complexity index is 582. The third-order valence-corrected chi connectivity index (χ3v) is 3.69.